The summed E-state index contributed by atoms with van der Waals surface area (Å²) in [6.07, 6.45) is 0. The topological polar surface area (TPSA) is 48.4 Å². The number of hydrogen-bond donors (Lipinski definition) is 0. The molecule has 13 heavy (non-hydrogen) atoms. The molecule has 0 fully saturated rings. The van der Waals surface area contributed by atoms with Crippen molar-refractivity contribution < 1.29 is 14.3 Å². The Kier molecular flexibility index (Phi) is 3.08. The molecule has 1 aromatic heterocycles. The van der Waals surface area contributed by atoms with E-state index in [4.69, 9.17) is 16.3 Å². The minimum absolute atomic E-state index is 0.0810. The molecule has 0 amide bonds. The van der Waals surface area contributed by atoms with Crippen LogP contribution in [0.2, 0.25) is 5.15 Å². The van der Waals surface area contributed by atoms with Crippen molar-refractivity contribution in [3.8, 4) is 5.75 Å². The maximum absolute atomic E-state index is 11.1. The molecule has 0 unspecified atom stereocenters. The largest absolute Gasteiger partial charge is 0.494 e. The smallest absolute Gasteiger partial charge is 0.360 e. The van der Waals surface area contributed by atoms with Gasteiger partial charge in [-0.25, -0.2) is 9.78 Å². The van der Waals surface area contributed by atoms with Crippen LogP contribution in [0.4, 0.5) is 0 Å². The van der Waals surface area contributed by atoms with Crippen molar-refractivity contribution in [2.45, 2.75) is 0 Å². The monoisotopic (exact) mass is 201 g/mol. The molecule has 0 aliphatic rings. The lowest BCUT2D eigenvalue weighted by Crippen LogP contribution is -2.06. The van der Waals surface area contributed by atoms with Crippen LogP contribution < -0.4 is 4.74 Å². The predicted molar refractivity (Wildman–Crippen MR) is 47.1 cm³/mol. The summed E-state index contributed by atoms with van der Waals surface area (Å²) in [4.78, 5) is 14.9. The number of nitrogens with zero attached hydrogens (tertiary/aromatic N) is 1. The average molecular weight is 202 g/mol. The van der Waals surface area contributed by atoms with Gasteiger partial charge in [0.05, 0.1) is 14.2 Å². The van der Waals surface area contributed by atoms with Gasteiger partial charge in [0.2, 0.25) is 0 Å². The number of esters is 1. The van der Waals surface area contributed by atoms with E-state index in [-0.39, 0.29) is 10.8 Å². The number of halogens is 1. The first-order chi connectivity index (χ1) is 6.19. The van der Waals surface area contributed by atoms with Crippen molar-refractivity contribution in [1.82, 2.24) is 4.98 Å². The third kappa shape index (κ3) is 2.09. The van der Waals surface area contributed by atoms with Crippen LogP contribution in [-0.2, 0) is 4.74 Å². The van der Waals surface area contributed by atoms with Crippen molar-refractivity contribution in [2.24, 2.45) is 0 Å². The van der Waals surface area contributed by atoms with Crippen LogP contribution in [0.5, 0.6) is 5.75 Å². The van der Waals surface area contributed by atoms with E-state index in [9.17, 15) is 4.79 Å². The normalized spacial score (nSPS) is 9.46. The summed E-state index contributed by atoms with van der Waals surface area (Å²) in [5.41, 5.74) is 0.0810. The second kappa shape index (κ2) is 4.09. The molecule has 0 radical (unpaired) electrons. The minimum atomic E-state index is -0.570. The van der Waals surface area contributed by atoms with E-state index in [0.29, 0.717) is 5.75 Å². The molecular formula is C8H8ClNO3. The molecule has 0 spiro atoms. The number of ether oxygens (including phenoxy) is 2. The number of carbonyl (C=O) groups excluding carboxylic acids is 1. The van der Waals surface area contributed by atoms with Crippen molar-refractivity contribution >= 4 is 17.6 Å². The Morgan fingerprint density at radius 3 is 2.69 bits per heavy atom. The van der Waals surface area contributed by atoms with Gasteiger partial charge in [-0.05, 0) is 12.1 Å². The highest BCUT2D eigenvalue weighted by atomic mass is 35.5. The Bertz CT molecular complexity index is 327. The zero-order chi connectivity index (χ0) is 9.84. The molecular weight excluding hydrogens is 194 g/mol. The molecule has 1 aromatic rings. The fraction of sp³-hybridized carbons (Fsp3) is 0.250. The summed E-state index contributed by atoms with van der Waals surface area (Å²) >= 11 is 5.60. The highest BCUT2D eigenvalue weighted by Crippen LogP contribution is 2.19. The van der Waals surface area contributed by atoms with Crippen molar-refractivity contribution in [3.63, 3.8) is 0 Å². The molecule has 0 aliphatic heterocycles. The fourth-order valence-corrected chi connectivity index (χ4v) is 0.978. The van der Waals surface area contributed by atoms with Gasteiger partial charge < -0.3 is 9.47 Å². The second-order valence-corrected chi connectivity index (χ2v) is 2.56. The van der Waals surface area contributed by atoms with Gasteiger partial charge in [-0.3, -0.25) is 0 Å². The highest BCUT2D eigenvalue weighted by molar-refractivity contribution is 6.29. The Labute approximate surface area is 80.4 Å². The molecule has 1 rings (SSSR count). The third-order valence-electron chi connectivity index (χ3n) is 1.42. The van der Waals surface area contributed by atoms with Gasteiger partial charge in [0, 0.05) is 0 Å². The Balaban J connectivity index is 3.15. The summed E-state index contributed by atoms with van der Waals surface area (Å²) in [7, 11) is 2.71. The summed E-state index contributed by atoms with van der Waals surface area (Å²) in [5.74, 6) is -0.226. The van der Waals surface area contributed by atoms with Gasteiger partial charge in [0.15, 0.2) is 11.4 Å². The van der Waals surface area contributed by atoms with Crippen LogP contribution in [0.1, 0.15) is 10.5 Å². The molecule has 0 bridgehead atoms. The summed E-state index contributed by atoms with van der Waals surface area (Å²) in [5, 5.41) is 0.223. The number of hydrogen-bond acceptors (Lipinski definition) is 4. The Morgan fingerprint density at radius 2 is 2.15 bits per heavy atom. The number of aromatic nitrogens is 1. The standard InChI is InChI=1S/C8H8ClNO3/c1-12-5-3-4-6(9)10-7(5)8(11)13-2/h3-4H,1-2H3. The van der Waals surface area contributed by atoms with Gasteiger partial charge in [-0.2, -0.15) is 0 Å². The first kappa shape index (κ1) is 9.80. The molecule has 0 N–H and O–H groups in total. The van der Waals surface area contributed by atoms with Gasteiger partial charge in [0.1, 0.15) is 5.15 Å². The highest BCUT2D eigenvalue weighted by Gasteiger charge is 2.14. The van der Waals surface area contributed by atoms with E-state index in [1.807, 2.05) is 0 Å². The SMILES string of the molecule is COC(=O)c1nc(Cl)ccc1OC. The van der Waals surface area contributed by atoms with E-state index >= 15 is 0 Å². The van der Waals surface area contributed by atoms with Crippen LogP contribution in [-0.4, -0.2) is 25.2 Å². The molecule has 70 valence electrons. The zero-order valence-electron chi connectivity index (χ0n) is 7.20. The number of methoxy groups -OCH3 is 2. The number of rotatable bonds is 2. The lowest BCUT2D eigenvalue weighted by Gasteiger charge is -2.04. The average Bonchev–Trinajstić information content (AvgIpc) is 2.16. The van der Waals surface area contributed by atoms with Crippen molar-refractivity contribution in [2.75, 3.05) is 14.2 Å². The maximum Gasteiger partial charge on any atom is 0.360 e. The van der Waals surface area contributed by atoms with Gasteiger partial charge in [-0.1, -0.05) is 11.6 Å². The molecule has 0 atom stereocenters. The summed E-state index contributed by atoms with van der Waals surface area (Å²) < 4.78 is 9.39. The van der Waals surface area contributed by atoms with E-state index < -0.39 is 5.97 Å². The summed E-state index contributed by atoms with van der Waals surface area (Å²) in [6, 6.07) is 3.09. The van der Waals surface area contributed by atoms with Crippen molar-refractivity contribution in [3.05, 3.63) is 23.0 Å². The summed E-state index contributed by atoms with van der Waals surface area (Å²) in [6.45, 7) is 0. The van der Waals surface area contributed by atoms with E-state index in [1.54, 1.807) is 6.07 Å². The first-order valence-corrected chi connectivity index (χ1v) is 3.85. The molecule has 1 heterocycles. The third-order valence-corrected chi connectivity index (χ3v) is 1.63. The van der Waals surface area contributed by atoms with Gasteiger partial charge in [0.25, 0.3) is 0 Å². The lowest BCUT2D eigenvalue weighted by molar-refractivity contribution is 0.0590. The van der Waals surface area contributed by atoms with Crippen molar-refractivity contribution in [1.29, 1.82) is 0 Å². The van der Waals surface area contributed by atoms with E-state index in [0.717, 1.165) is 0 Å². The van der Waals surface area contributed by atoms with Crippen LogP contribution in [0.15, 0.2) is 12.1 Å². The number of pyridine rings is 1. The van der Waals surface area contributed by atoms with E-state index in [2.05, 4.69) is 9.72 Å². The van der Waals surface area contributed by atoms with Crippen LogP contribution in [0.3, 0.4) is 0 Å². The quantitative estimate of drug-likeness (QED) is 0.538. The van der Waals surface area contributed by atoms with Gasteiger partial charge >= 0.3 is 5.97 Å². The molecule has 0 aromatic carbocycles. The maximum atomic E-state index is 11.1. The molecule has 0 saturated heterocycles. The van der Waals surface area contributed by atoms with E-state index in [1.165, 1.54) is 20.3 Å². The fourth-order valence-electron chi connectivity index (χ4n) is 0.830. The zero-order valence-corrected chi connectivity index (χ0v) is 7.96. The first-order valence-electron chi connectivity index (χ1n) is 3.48. The molecule has 5 heteroatoms. The number of carbonyl (C=O) groups is 1. The lowest BCUT2D eigenvalue weighted by atomic mass is 10.3. The molecule has 4 nitrogen and oxygen atoms in total. The second-order valence-electron chi connectivity index (χ2n) is 2.18. The van der Waals surface area contributed by atoms with Gasteiger partial charge in [-0.15, -0.1) is 0 Å². The van der Waals surface area contributed by atoms with Crippen LogP contribution >= 0.6 is 11.6 Å². The Morgan fingerprint density at radius 1 is 1.46 bits per heavy atom. The predicted octanol–water partition coefficient (Wildman–Crippen LogP) is 1.53. The molecule has 0 saturated carbocycles. The van der Waals surface area contributed by atoms with Crippen LogP contribution in [0.25, 0.3) is 0 Å². The minimum Gasteiger partial charge on any atom is -0.494 e. The van der Waals surface area contributed by atoms with Crippen LogP contribution in [0, 0.1) is 0 Å². The Hall–Kier alpha value is -1.29. The molecule has 0 aliphatic carbocycles.